The maximum absolute atomic E-state index is 11.8. The van der Waals surface area contributed by atoms with E-state index in [1.807, 2.05) is 38.1 Å². The molecule has 1 saturated heterocycles. The van der Waals surface area contributed by atoms with Crippen molar-refractivity contribution in [1.82, 2.24) is 5.32 Å². The minimum absolute atomic E-state index is 0.0422. The van der Waals surface area contributed by atoms with E-state index in [-0.39, 0.29) is 18.1 Å². The third-order valence-electron chi connectivity index (χ3n) is 3.66. The Labute approximate surface area is 126 Å². The molecule has 0 aromatic heterocycles. The van der Waals surface area contributed by atoms with Crippen LogP contribution in [0, 0.1) is 6.92 Å². The maximum Gasteiger partial charge on any atom is 0.220 e. The van der Waals surface area contributed by atoms with Crippen LogP contribution in [0.4, 0.5) is 0 Å². The minimum atomic E-state index is -0.0422. The first-order chi connectivity index (χ1) is 10.1. The number of hydrogen-bond acceptors (Lipinski definition) is 3. The van der Waals surface area contributed by atoms with E-state index in [9.17, 15) is 4.79 Å². The highest BCUT2D eigenvalue weighted by molar-refractivity contribution is 5.75. The van der Waals surface area contributed by atoms with Crippen LogP contribution in [0.25, 0.3) is 0 Å². The molecule has 116 valence electrons. The maximum atomic E-state index is 11.8. The molecule has 21 heavy (non-hydrogen) atoms. The number of benzene rings is 1. The van der Waals surface area contributed by atoms with E-state index < -0.39 is 0 Å². The molecule has 0 unspecified atom stereocenters. The quantitative estimate of drug-likeness (QED) is 0.840. The van der Waals surface area contributed by atoms with Gasteiger partial charge in [-0.3, -0.25) is 4.79 Å². The number of amides is 1. The number of ether oxygens (including phenoxy) is 2. The molecule has 0 radical (unpaired) electrons. The predicted octanol–water partition coefficient (Wildman–Crippen LogP) is 2.84. The molecule has 4 nitrogen and oxygen atoms in total. The lowest BCUT2D eigenvalue weighted by molar-refractivity contribution is -0.122. The van der Waals surface area contributed by atoms with Crippen LogP contribution < -0.4 is 10.1 Å². The number of carbonyl (C=O) groups excluding carboxylic acids is 1. The second-order valence-electron chi connectivity index (χ2n) is 5.72. The van der Waals surface area contributed by atoms with E-state index in [2.05, 4.69) is 5.32 Å². The molecule has 0 bridgehead atoms. The topological polar surface area (TPSA) is 47.6 Å². The van der Waals surface area contributed by atoms with E-state index >= 15 is 0 Å². The van der Waals surface area contributed by atoms with Gasteiger partial charge in [-0.25, -0.2) is 0 Å². The first-order valence-electron chi connectivity index (χ1n) is 7.75. The van der Waals surface area contributed by atoms with Gasteiger partial charge in [0.1, 0.15) is 11.9 Å². The largest absolute Gasteiger partial charge is 0.489 e. The second kappa shape index (κ2) is 8.03. The monoisotopic (exact) mass is 291 g/mol. The molecule has 1 aromatic rings. The van der Waals surface area contributed by atoms with Crippen molar-refractivity contribution in [3.8, 4) is 5.75 Å². The molecule has 0 saturated carbocycles. The highest BCUT2D eigenvalue weighted by Gasteiger charge is 2.16. The predicted molar refractivity (Wildman–Crippen MR) is 82.5 cm³/mol. The summed E-state index contributed by atoms with van der Waals surface area (Å²) in [6.07, 6.45) is 3.78. The Balaban J connectivity index is 1.62. The zero-order valence-corrected chi connectivity index (χ0v) is 12.9. The van der Waals surface area contributed by atoms with Gasteiger partial charge >= 0.3 is 0 Å². The number of nitrogens with one attached hydrogen (secondary N) is 1. The van der Waals surface area contributed by atoms with Gasteiger partial charge in [-0.15, -0.1) is 0 Å². The van der Waals surface area contributed by atoms with Crippen molar-refractivity contribution in [1.29, 1.82) is 0 Å². The zero-order chi connectivity index (χ0) is 15.1. The Kier molecular flexibility index (Phi) is 6.05. The van der Waals surface area contributed by atoms with E-state index in [1.54, 1.807) is 0 Å². The molecular formula is C17H25NO3. The van der Waals surface area contributed by atoms with Gasteiger partial charge in [0.2, 0.25) is 5.91 Å². The second-order valence-corrected chi connectivity index (χ2v) is 5.72. The summed E-state index contributed by atoms with van der Waals surface area (Å²) in [6, 6.07) is 7.93. The molecule has 1 N–H and O–H groups in total. The fraction of sp³-hybridized carbons (Fsp3) is 0.588. The summed E-state index contributed by atoms with van der Waals surface area (Å²) in [5, 5.41) is 2.92. The summed E-state index contributed by atoms with van der Waals surface area (Å²) in [4.78, 5) is 11.8. The lowest BCUT2D eigenvalue weighted by atomic mass is 10.1. The molecule has 1 aliphatic heterocycles. The Morgan fingerprint density at radius 1 is 1.43 bits per heavy atom. The van der Waals surface area contributed by atoms with Gasteiger partial charge < -0.3 is 14.8 Å². The van der Waals surface area contributed by atoms with Crippen molar-refractivity contribution < 1.29 is 14.3 Å². The van der Waals surface area contributed by atoms with Crippen LogP contribution in [-0.2, 0) is 9.53 Å². The number of aryl methyl sites for hydroxylation is 1. The van der Waals surface area contributed by atoms with Crippen LogP contribution in [0.5, 0.6) is 5.75 Å². The van der Waals surface area contributed by atoms with Crippen LogP contribution in [0.2, 0.25) is 0 Å². The summed E-state index contributed by atoms with van der Waals surface area (Å²) < 4.78 is 11.3. The third kappa shape index (κ3) is 5.76. The standard InChI is InChI=1S/C17H25NO3/c1-13-5-7-16(8-6-13)21-14(2)12-18-17(19)10-9-15-4-3-11-20-15/h5-8,14-15H,3-4,9-12H2,1-2H3,(H,18,19)/t14-,15+/m0/s1. The van der Waals surface area contributed by atoms with Crippen LogP contribution in [-0.4, -0.2) is 31.3 Å². The van der Waals surface area contributed by atoms with Gasteiger partial charge in [-0.2, -0.15) is 0 Å². The molecule has 1 aliphatic rings. The van der Waals surface area contributed by atoms with Crippen molar-refractivity contribution in [2.24, 2.45) is 0 Å². The molecule has 0 spiro atoms. The van der Waals surface area contributed by atoms with Gasteiger partial charge in [0.15, 0.2) is 0 Å². The van der Waals surface area contributed by atoms with E-state index in [1.165, 1.54) is 5.56 Å². The van der Waals surface area contributed by atoms with Crippen molar-refractivity contribution in [3.63, 3.8) is 0 Å². The van der Waals surface area contributed by atoms with E-state index in [4.69, 9.17) is 9.47 Å². The SMILES string of the molecule is Cc1ccc(O[C@@H](C)CNC(=O)CC[C@H]2CCCO2)cc1. The minimum Gasteiger partial charge on any atom is -0.489 e. The molecule has 4 heteroatoms. The first kappa shape index (κ1) is 15.8. The van der Waals surface area contributed by atoms with Crippen molar-refractivity contribution in [2.75, 3.05) is 13.2 Å². The van der Waals surface area contributed by atoms with Crippen LogP contribution in [0.1, 0.15) is 38.2 Å². The zero-order valence-electron chi connectivity index (χ0n) is 12.9. The number of rotatable bonds is 7. The van der Waals surface area contributed by atoms with Gasteiger partial charge in [0, 0.05) is 13.0 Å². The first-order valence-corrected chi connectivity index (χ1v) is 7.75. The van der Waals surface area contributed by atoms with Gasteiger partial charge in [-0.1, -0.05) is 17.7 Å². The lowest BCUT2D eigenvalue weighted by Crippen LogP contribution is -2.33. The lowest BCUT2D eigenvalue weighted by Gasteiger charge is -2.16. The molecule has 1 fully saturated rings. The van der Waals surface area contributed by atoms with Gasteiger partial charge in [0.05, 0.1) is 12.6 Å². The Morgan fingerprint density at radius 3 is 2.86 bits per heavy atom. The van der Waals surface area contributed by atoms with Crippen molar-refractivity contribution in [2.45, 2.75) is 51.7 Å². The Bertz CT molecular complexity index is 438. The number of hydrogen-bond donors (Lipinski definition) is 1. The fourth-order valence-corrected chi connectivity index (χ4v) is 2.40. The van der Waals surface area contributed by atoms with Crippen LogP contribution >= 0.6 is 0 Å². The van der Waals surface area contributed by atoms with E-state index in [0.717, 1.165) is 31.6 Å². The summed E-state index contributed by atoms with van der Waals surface area (Å²) in [7, 11) is 0. The van der Waals surface area contributed by atoms with Crippen molar-refractivity contribution >= 4 is 5.91 Å². The van der Waals surface area contributed by atoms with Gasteiger partial charge in [-0.05, 0) is 45.2 Å². The molecular weight excluding hydrogens is 266 g/mol. The van der Waals surface area contributed by atoms with E-state index in [0.29, 0.717) is 13.0 Å². The molecule has 2 atom stereocenters. The van der Waals surface area contributed by atoms with Crippen LogP contribution in [0.3, 0.4) is 0 Å². The summed E-state index contributed by atoms with van der Waals surface area (Å²) >= 11 is 0. The summed E-state index contributed by atoms with van der Waals surface area (Å²) in [6.45, 7) is 5.37. The smallest absolute Gasteiger partial charge is 0.220 e. The average Bonchev–Trinajstić information content (AvgIpc) is 2.99. The molecule has 0 aliphatic carbocycles. The highest BCUT2D eigenvalue weighted by Crippen LogP contribution is 2.16. The Hall–Kier alpha value is -1.55. The molecule has 1 amide bonds. The Morgan fingerprint density at radius 2 is 2.19 bits per heavy atom. The van der Waals surface area contributed by atoms with Gasteiger partial charge in [0.25, 0.3) is 0 Å². The highest BCUT2D eigenvalue weighted by atomic mass is 16.5. The molecule has 1 heterocycles. The summed E-state index contributed by atoms with van der Waals surface area (Å²) in [5.41, 5.74) is 1.21. The molecule has 1 aromatic carbocycles. The fourth-order valence-electron chi connectivity index (χ4n) is 2.40. The third-order valence-corrected chi connectivity index (χ3v) is 3.66. The van der Waals surface area contributed by atoms with Crippen molar-refractivity contribution in [3.05, 3.63) is 29.8 Å². The van der Waals surface area contributed by atoms with Crippen LogP contribution in [0.15, 0.2) is 24.3 Å². The normalized spacial score (nSPS) is 19.2. The summed E-state index contributed by atoms with van der Waals surface area (Å²) in [5.74, 6) is 0.909. The average molecular weight is 291 g/mol. The number of carbonyl (C=O) groups is 1. The molecule has 2 rings (SSSR count).